The molecular formula is C18H28N2O3S. The largest absolute Gasteiger partial charge is 0.349 e. The highest BCUT2D eigenvalue weighted by Crippen LogP contribution is 2.22. The molecule has 1 aromatic carbocycles. The molecule has 1 amide bonds. The van der Waals surface area contributed by atoms with Gasteiger partial charge in [-0.3, -0.25) is 4.79 Å². The van der Waals surface area contributed by atoms with Crippen LogP contribution in [0.1, 0.15) is 50.8 Å². The molecule has 1 atom stereocenters. The summed E-state index contributed by atoms with van der Waals surface area (Å²) < 4.78 is 25.2. The minimum atomic E-state index is -3.14. The van der Waals surface area contributed by atoms with Gasteiger partial charge in [-0.1, -0.05) is 31.2 Å². The summed E-state index contributed by atoms with van der Waals surface area (Å²) in [5.41, 5.74) is 2.37. The Bertz CT molecular complexity index is 647. The second-order valence-corrected chi connectivity index (χ2v) is 8.66. The SMILES string of the molecule is CCc1ccc(C(C)NC(=O)C2CCN(S(=O)(=O)CC)CC2)cc1. The van der Waals surface area contributed by atoms with Crippen LogP contribution in [0.25, 0.3) is 0 Å². The topological polar surface area (TPSA) is 66.5 Å². The van der Waals surface area contributed by atoms with Crippen LogP contribution in [0.3, 0.4) is 0 Å². The van der Waals surface area contributed by atoms with E-state index >= 15 is 0 Å². The Morgan fingerprint density at radius 3 is 2.29 bits per heavy atom. The minimum Gasteiger partial charge on any atom is -0.349 e. The number of hydrogen-bond acceptors (Lipinski definition) is 3. The second-order valence-electron chi connectivity index (χ2n) is 6.40. The van der Waals surface area contributed by atoms with Crippen molar-refractivity contribution in [3.8, 4) is 0 Å². The van der Waals surface area contributed by atoms with Crippen LogP contribution >= 0.6 is 0 Å². The zero-order valence-corrected chi connectivity index (χ0v) is 15.6. The lowest BCUT2D eigenvalue weighted by Crippen LogP contribution is -2.43. The molecule has 1 N–H and O–H groups in total. The Morgan fingerprint density at radius 1 is 1.21 bits per heavy atom. The van der Waals surface area contributed by atoms with Gasteiger partial charge in [0.05, 0.1) is 11.8 Å². The molecule has 1 aliphatic rings. The summed E-state index contributed by atoms with van der Waals surface area (Å²) >= 11 is 0. The molecule has 134 valence electrons. The summed E-state index contributed by atoms with van der Waals surface area (Å²) in [5.74, 6) is 0.0376. The van der Waals surface area contributed by atoms with Crippen LogP contribution in [0.5, 0.6) is 0 Å². The van der Waals surface area contributed by atoms with Crippen LogP contribution < -0.4 is 5.32 Å². The third-order valence-corrected chi connectivity index (χ3v) is 6.71. The van der Waals surface area contributed by atoms with E-state index in [4.69, 9.17) is 0 Å². The molecule has 1 aromatic rings. The highest BCUT2D eigenvalue weighted by atomic mass is 32.2. The summed E-state index contributed by atoms with van der Waals surface area (Å²) in [7, 11) is -3.14. The lowest BCUT2D eigenvalue weighted by atomic mass is 9.96. The van der Waals surface area contributed by atoms with Gasteiger partial charge in [-0.05, 0) is 44.2 Å². The number of carbonyl (C=O) groups excluding carboxylic acids is 1. The maximum Gasteiger partial charge on any atom is 0.223 e. The Morgan fingerprint density at radius 2 is 1.79 bits per heavy atom. The van der Waals surface area contributed by atoms with Gasteiger partial charge in [0, 0.05) is 19.0 Å². The second kappa shape index (κ2) is 8.12. The van der Waals surface area contributed by atoms with E-state index in [1.807, 2.05) is 6.92 Å². The molecule has 24 heavy (non-hydrogen) atoms. The monoisotopic (exact) mass is 352 g/mol. The molecule has 5 nitrogen and oxygen atoms in total. The zero-order chi connectivity index (χ0) is 17.7. The standard InChI is InChI=1S/C18H28N2O3S/c1-4-15-6-8-16(9-7-15)14(3)19-18(21)17-10-12-20(13-11-17)24(22,23)5-2/h6-9,14,17H,4-5,10-13H2,1-3H3,(H,19,21). The van der Waals surface area contributed by atoms with Crippen molar-refractivity contribution in [1.29, 1.82) is 0 Å². The molecule has 1 saturated heterocycles. The Kier molecular flexibility index (Phi) is 6.40. The molecule has 2 rings (SSSR count). The fraction of sp³-hybridized carbons (Fsp3) is 0.611. The first-order valence-corrected chi connectivity index (χ1v) is 10.3. The number of nitrogens with zero attached hydrogens (tertiary/aromatic N) is 1. The molecule has 0 aromatic heterocycles. The molecule has 6 heteroatoms. The molecule has 0 aliphatic carbocycles. The quantitative estimate of drug-likeness (QED) is 0.855. The van der Waals surface area contributed by atoms with Crippen LogP contribution in [-0.4, -0.2) is 37.5 Å². The smallest absolute Gasteiger partial charge is 0.223 e. The number of benzene rings is 1. The number of nitrogens with one attached hydrogen (secondary N) is 1. The van der Waals surface area contributed by atoms with Gasteiger partial charge in [0.1, 0.15) is 0 Å². The summed E-state index contributed by atoms with van der Waals surface area (Å²) in [4.78, 5) is 12.5. The van der Waals surface area contributed by atoms with Gasteiger partial charge >= 0.3 is 0 Å². The van der Waals surface area contributed by atoms with Crippen LogP contribution in [0.15, 0.2) is 24.3 Å². The zero-order valence-electron chi connectivity index (χ0n) is 14.8. The Balaban J connectivity index is 1.89. The predicted molar refractivity (Wildman–Crippen MR) is 96.1 cm³/mol. The molecule has 0 spiro atoms. The Hall–Kier alpha value is -1.40. The van der Waals surface area contributed by atoms with Crippen molar-refractivity contribution >= 4 is 15.9 Å². The van der Waals surface area contributed by atoms with Crippen LogP contribution in [0.2, 0.25) is 0 Å². The van der Waals surface area contributed by atoms with Crippen molar-refractivity contribution in [2.45, 2.75) is 46.1 Å². The van der Waals surface area contributed by atoms with Gasteiger partial charge in [0.25, 0.3) is 0 Å². The van der Waals surface area contributed by atoms with Crippen molar-refractivity contribution in [1.82, 2.24) is 9.62 Å². The van der Waals surface area contributed by atoms with Crippen LogP contribution in [0.4, 0.5) is 0 Å². The number of rotatable bonds is 6. The van der Waals surface area contributed by atoms with Crippen molar-refractivity contribution < 1.29 is 13.2 Å². The molecular weight excluding hydrogens is 324 g/mol. The normalized spacial score (nSPS) is 18.3. The lowest BCUT2D eigenvalue weighted by molar-refractivity contribution is -0.126. The van der Waals surface area contributed by atoms with E-state index in [9.17, 15) is 13.2 Å². The van der Waals surface area contributed by atoms with E-state index in [1.54, 1.807) is 6.92 Å². The summed E-state index contributed by atoms with van der Waals surface area (Å²) in [6.45, 7) is 6.63. The van der Waals surface area contributed by atoms with Crippen LogP contribution in [0, 0.1) is 5.92 Å². The van der Waals surface area contributed by atoms with E-state index in [-0.39, 0.29) is 23.6 Å². The fourth-order valence-electron chi connectivity index (χ4n) is 3.04. The third-order valence-electron chi connectivity index (χ3n) is 4.83. The molecule has 0 saturated carbocycles. The van der Waals surface area contributed by atoms with Gasteiger partial charge in [-0.25, -0.2) is 12.7 Å². The molecule has 0 bridgehead atoms. The van der Waals surface area contributed by atoms with E-state index in [2.05, 4.69) is 36.5 Å². The third kappa shape index (κ3) is 4.57. The molecule has 1 heterocycles. The highest BCUT2D eigenvalue weighted by Gasteiger charge is 2.30. The first-order valence-electron chi connectivity index (χ1n) is 8.74. The average Bonchev–Trinajstić information content (AvgIpc) is 2.61. The highest BCUT2D eigenvalue weighted by molar-refractivity contribution is 7.89. The van der Waals surface area contributed by atoms with Gasteiger partial charge in [-0.15, -0.1) is 0 Å². The molecule has 0 radical (unpaired) electrons. The molecule has 1 aliphatic heterocycles. The van der Waals surface area contributed by atoms with Gasteiger partial charge in [-0.2, -0.15) is 0 Å². The number of hydrogen-bond donors (Lipinski definition) is 1. The average molecular weight is 353 g/mol. The van der Waals surface area contributed by atoms with E-state index in [0.29, 0.717) is 25.9 Å². The fourth-order valence-corrected chi connectivity index (χ4v) is 4.17. The van der Waals surface area contributed by atoms with Gasteiger partial charge in [0.2, 0.25) is 15.9 Å². The van der Waals surface area contributed by atoms with Gasteiger partial charge < -0.3 is 5.32 Å². The van der Waals surface area contributed by atoms with Gasteiger partial charge in [0.15, 0.2) is 0 Å². The number of sulfonamides is 1. The molecule has 1 fully saturated rings. The van der Waals surface area contributed by atoms with Crippen LogP contribution in [-0.2, 0) is 21.2 Å². The van der Waals surface area contributed by atoms with Crippen molar-refractivity contribution in [2.24, 2.45) is 5.92 Å². The lowest BCUT2D eigenvalue weighted by Gasteiger charge is -2.31. The number of amides is 1. The number of aryl methyl sites for hydroxylation is 1. The minimum absolute atomic E-state index is 0.0237. The van der Waals surface area contributed by atoms with E-state index in [1.165, 1.54) is 9.87 Å². The first kappa shape index (κ1) is 18.9. The van der Waals surface area contributed by atoms with Crippen molar-refractivity contribution in [3.63, 3.8) is 0 Å². The Labute approximate surface area is 145 Å². The predicted octanol–water partition coefficient (Wildman–Crippen LogP) is 2.49. The maximum absolute atomic E-state index is 12.5. The van der Waals surface area contributed by atoms with E-state index < -0.39 is 10.0 Å². The number of carbonyl (C=O) groups is 1. The number of piperidine rings is 1. The maximum atomic E-state index is 12.5. The summed E-state index contributed by atoms with van der Waals surface area (Å²) in [6, 6.07) is 8.25. The first-order chi connectivity index (χ1) is 11.4. The van der Waals surface area contributed by atoms with Crippen molar-refractivity contribution in [3.05, 3.63) is 35.4 Å². The summed E-state index contributed by atoms with van der Waals surface area (Å²) in [6.07, 6.45) is 2.18. The van der Waals surface area contributed by atoms with Crippen molar-refractivity contribution in [2.75, 3.05) is 18.8 Å². The molecule has 1 unspecified atom stereocenters. The summed E-state index contributed by atoms with van der Waals surface area (Å²) in [5, 5.41) is 3.06. The van der Waals surface area contributed by atoms with E-state index in [0.717, 1.165) is 12.0 Å².